The van der Waals surface area contributed by atoms with E-state index in [1.54, 1.807) is 0 Å². The maximum atomic E-state index is 5.81. The number of rotatable bonds is 4. The number of nitrogens with two attached hydrogens (primary N) is 1. The molecule has 1 saturated carbocycles. The number of anilines is 1. The molecule has 0 aromatic heterocycles. The Morgan fingerprint density at radius 3 is 2.67 bits per heavy atom. The lowest BCUT2D eigenvalue weighted by atomic mass is 9.89. The van der Waals surface area contributed by atoms with Crippen molar-refractivity contribution >= 4 is 21.6 Å². The van der Waals surface area contributed by atoms with Crippen molar-refractivity contribution in [3.63, 3.8) is 0 Å². The van der Waals surface area contributed by atoms with Gasteiger partial charge in [0.25, 0.3) is 0 Å². The second-order valence-corrected chi connectivity index (χ2v) is 6.41. The van der Waals surface area contributed by atoms with Gasteiger partial charge in [-0.1, -0.05) is 25.3 Å². The molecule has 0 amide bonds. The van der Waals surface area contributed by atoms with Crippen LogP contribution in [0.4, 0.5) is 5.69 Å². The van der Waals surface area contributed by atoms with Crippen LogP contribution in [0.3, 0.4) is 0 Å². The van der Waals surface area contributed by atoms with E-state index in [1.807, 2.05) is 6.07 Å². The van der Waals surface area contributed by atoms with Crippen LogP contribution in [0.25, 0.3) is 0 Å². The zero-order valence-corrected chi connectivity index (χ0v) is 12.7. The molecule has 1 aliphatic rings. The summed E-state index contributed by atoms with van der Waals surface area (Å²) in [7, 11) is 2.22. The normalized spacial score (nSPS) is 17.3. The maximum Gasteiger partial charge on any atom is 0.0458 e. The predicted octanol–water partition coefficient (Wildman–Crippen LogP) is 4.04. The molecule has 2 nitrogen and oxygen atoms in total. The summed E-state index contributed by atoms with van der Waals surface area (Å²) >= 11 is 3.49. The highest BCUT2D eigenvalue weighted by Crippen LogP contribution is 2.25. The van der Waals surface area contributed by atoms with Gasteiger partial charge in [0.2, 0.25) is 0 Å². The Morgan fingerprint density at radius 1 is 1.28 bits per heavy atom. The Bertz CT molecular complexity index is 386. The molecule has 2 rings (SSSR count). The number of hydrogen-bond acceptors (Lipinski definition) is 2. The SMILES string of the molecule is CN(Cc1ccc(N)c(Br)c1)CC1CCCCC1. The van der Waals surface area contributed by atoms with Gasteiger partial charge in [-0.25, -0.2) is 0 Å². The quantitative estimate of drug-likeness (QED) is 0.850. The minimum absolute atomic E-state index is 0.814. The van der Waals surface area contributed by atoms with Gasteiger partial charge in [0.1, 0.15) is 0 Å². The van der Waals surface area contributed by atoms with Crippen LogP contribution in [0.15, 0.2) is 22.7 Å². The molecule has 1 aromatic carbocycles. The molecule has 1 aromatic rings. The Labute approximate surface area is 119 Å². The third kappa shape index (κ3) is 3.99. The zero-order chi connectivity index (χ0) is 13.0. The first-order valence-corrected chi connectivity index (χ1v) is 7.67. The van der Waals surface area contributed by atoms with Crippen molar-refractivity contribution in [3.05, 3.63) is 28.2 Å². The van der Waals surface area contributed by atoms with Crippen LogP contribution in [0, 0.1) is 5.92 Å². The molecule has 0 aliphatic heterocycles. The van der Waals surface area contributed by atoms with Crippen molar-refractivity contribution < 1.29 is 0 Å². The third-order valence-electron chi connectivity index (χ3n) is 3.81. The van der Waals surface area contributed by atoms with E-state index >= 15 is 0 Å². The smallest absolute Gasteiger partial charge is 0.0458 e. The van der Waals surface area contributed by atoms with E-state index in [2.05, 4.69) is 40.0 Å². The van der Waals surface area contributed by atoms with Crippen LogP contribution in [-0.2, 0) is 6.54 Å². The Hall–Kier alpha value is -0.540. The molecule has 0 heterocycles. The molecule has 0 unspecified atom stereocenters. The summed E-state index contributed by atoms with van der Waals surface area (Å²) < 4.78 is 1.01. The number of benzene rings is 1. The monoisotopic (exact) mass is 310 g/mol. The lowest BCUT2D eigenvalue weighted by Gasteiger charge is -2.27. The molecule has 0 radical (unpaired) electrons. The minimum atomic E-state index is 0.814. The van der Waals surface area contributed by atoms with Crippen molar-refractivity contribution in [1.82, 2.24) is 4.90 Å². The minimum Gasteiger partial charge on any atom is -0.398 e. The molecule has 2 N–H and O–H groups in total. The molecule has 0 atom stereocenters. The highest BCUT2D eigenvalue weighted by atomic mass is 79.9. The molecule has 1 aliphatic carbocycles. The van der Waals surface area contributed by atoms with E-state index in [0.29, 0.717) is 0 Å². The summed E-state index contributed by atoms with van der Waals surface area (Å²) in [6.45, 7) is 2.23. The van der Waals surface area contributed by atoms with Gasteiger partial charge in [-0.05, 0) is 59.4 Å². The Kier molecular flexibility index (Phi) is 5.07. The largest absolute Gasteiger partial charge is 0.398 e. The topological polar surface area (TPSA) is 29.3 Å². The summed E-state index contributed by atoms with van der Waals surface area (Å²) in [5, 5.41) is 0. The van der Waals surface area contributed by atoms with E-state index in [1.165, 1.54) is 44.2 Å². The van der Waals surface area contributed by atoms with Crippen molar-refractivity contribution in [2.24, 2.45) is 5.92 Å². The lowest BCUT2D eigenvalue weighted by Crippen LogP contribution is -2.26. The van der Waals surface area contributed by atoms with Crippen molar-refractivity contribution in [2.45, 2.75) is 38.6 Å². The van der Waals surface area contributed by atoms with Gasteiger partial charge < -0.3 is 10.6 Å². The van der Waals surface area contributed by atoms with Crippen LogP contribution >= 0.6 is 15.9 Å². The summed E-state index contributed by atoms with van der Waals surface area (Å²) in [6, 6.07) is 6.23. The van der Waals surface area contributed by atoms with Crippen molar-refractivity contribution in [2.75, 3.05) is 19.3 Å². The molecule has 0 spiro atoms. The highest BCUT2D eigenvalue weighted by molar-refractivity contribution is 9.10. The van der Waals surface area contributed by atoms with Crippen LogP contribution in [0.2, 0.25) is 0 Å². The van der Waals surface area contributed by atoms with Crippen LogP contribution in [0.1, 0.15) is 37.7 Å². The van der Waals surface area contributed by atoms with Crippen LogP contribution < -0.4 is 5.73 Å². The average Bonchev–Trinajstić information content (AvgIpc) is 2.35. The fourth-order valence-electron chi connectivity index (χ4n) is 2.86. The van der Waals surface area contributed by atoms with Crippen LogP contribution in [-0.4, -0.2) is 18.5 Å². The third-order valence-corrected chi connectivity index (χ3v) is 4.50. The molecular weight excluding hydrogens is 288 g/mol. The predicted molar refractivity (Wildman–Crippen MR) is 81.5 cm³/mol. The second kappa shape index (κ2) is 6.58. The Morgan fingerprint density at radius 2 is 2.00 bits per heavy atom. The average molecular weight is 311 g/mol. The molecule has 0 bridgehead atoms. The number of nitrogen functional groups attached to an aromatic ring is 1. The van der Waals surface area contributed by atoms with Gasteiger partial charge in [0, 0.05) is 23.2 Å². The zero-order valence-electron chi connectivity index (χ0n) is 11.2. The Balaban J connectivity index is 1.85. The maximum absolute atomic E-state index is 5.81. The van der Waals surface area contributed by atoms with E-state index in [0.717, 1.165) is 22.6 Å². The van der Waals surface area contributed by atoms with Gasteiger partial charge in [0.05, 0.1) is 0 Å². The summed E-state index contributed by atoms with van der Waals surface area (Å²) in [6.07, 6.45) is 7.11. The molecule has 1 fully saturated rings. The number of hydrogen-bond donors (Lipinski definition) is 1. The van der Waals surface area contributed by atoms with Gasteiger partial charge in [-0.3, -0.25) is 0 Å². The first kappa shape index (κ1) is 13.9. The first-order chi connectivity index (χ1) is 8.65. The number of nitrogens with zero attached hydrogens (tertiary/aromatic N) is 1. The lowest BCUT2D eigenvalue weighted by molar-refractivity contribution is 0.228. The second-order valence-electron chi connectivity index (χ2n) is 5.56. The summed E-state index contributed by atoms with van der Waals surface area (Å²) in [5.74, 6) is 0.904. The van der Waals surface area contributed by atoms with E-state index in [4.69, 9.17) is 5.73 Å². The fourth-order valence-corrected chi connectivity index (χ4v) is 3.28. The van der Waals surface area contributed by atoms with Gasteiger partial charge in [-0.2, -0.15) is 0 Å². The van der Waals surface area contributed by atoms with Gasteiger partial charge in [-0.15, -0.1) is 0 Å². The van der Waals surface area contributed by atoms with Crippen molar-refractivity contribution in [1.29, 1.82) is 0 Å². The summed E-state index contributed by atoms with van der Waals surface area (Å²) in [4.78, 5) is 2.44. The highest BCUT2D eigenvalue weighted by Gasteiger charge is 2.15. The molecule has 18 heavy (non-hydrogen) atoms. The standard InChI is InChI=1S/C15H23BrN2/c1-18(10-12-5-3-2-4-6-12)11-13-7-8-15(17)14(16)9-13/h7-9,12H,2-6,10-11,17H2,1H3. The molecule has 3 heteroatoms. The van der Waals surface area contributed by atoms with Gasteiger partial charge in [0.15, 0.2) is 0 Å². The molecule has 100 valence electrons. The first-order valence-electron chi connectivity index (χ1n) is 6.87. The van der Waals surface area contributed by atoms with E-state index < -0.39 is 0 Å². The summed E-state index contributed by atoms with van der Waals surface area (Å²) in [5.41, 5.74) is 7.95. The fraction of sp³-hybridized carbons (Fsp3) is 0.600. The number of halogens is 1. The van der Waals surface area contributed by atoms with E-state index in [-0.39, 0.29) is 0 Å². The van der Waals surface area contributed by atoms with Crippen molar-refractivity contribution in [3.8, 4) is 0 Å². The van der Waals surface area contributed by atoms with Crippen LogP contribution in [0.5, 0.6) is 0 Å². The molecular formula is C15H23BrN2. The molecule has 0 saturated heterocycles. The van der Waals surface area contributed by atoms with Gasteiger partial charge >= 0.3 is 0 Å². The van der Waals surface area contributed by atoms with E-state index in [9.17, 15) is 0 Å².